The third-order valence-corrected chi connectivity index (χ3v) is 5.71. The number of hydrogen-bond donors (Lipinski definition) is 2. The van der Waals surface area contributed by atoms with E-state index in [0.29, 0.717) is 19.8 Å². The molecule has 7 nitrogen and oxygen atoms in total. The fourth-order valence-electron chi connectivity index (χ4n) is 3.98. The molecule has 7 heteroatoms. The normalized spacial score (nSPS) is 15.4. The number of hydrogen-bond acceptors (Lipinski definition) is 5. The van der Waals surface area contributed by atoms with Crippen molar-refractivity contribution < 1.29 is 14.2 Å². The van der Waals surface area contributed by atoms with Gasteiger partial charge in [-0.15, -0.1) is 0 Å². The Hall–Kier alpha value is -2.77. The largest absolute Gasteiger partial charge is 0.496 e. The molecule has 0 aromatic heterocycles. The maximum absolute atomic E-state index is 5.65. The quantitative estimate of drug-likeness (QED) is 0.318. The van der Waals surface area contributed by atoms with E-state index in [4.69, 9.17) is 14.2 Å². The fraction of sp³-hybridized carbons (Fsp3) is 0.480. The Labute approximate surface area is 191 Å². The Morgan fingerprint density at radius 3 is 2.44 bits per heavy atom. The second-order valence-corrected chi connectivity index (χ2v) is 7.79. The Morgan fingerprint density at radius 1 is 1.00 bits per heavy atom. The molecule has 0 spiro atoms. The number of methoxy groups -OCH3 is 2. The Kier molecular flexibility index (Phi) is 9.65. The van der Waals surface area contributed by atoms with E-state index in [1.54, 1.807) is 21.3 Å². The Balaban J connectivity index is 1.56. The molecule has 1 aliphatic heterocycles. The lowest BCUT2D eigenvalue weighted by molar-refractivity contribution is 0.146. The first-order valence-electron chi connectivity index (χ1n) is 11.3. The molecule has 1 saturated heterocycles. The zero-order chi connectivity index (χ0) is 22.6. The lowest BCUT2D eigenvalue weighted by atomic mass is 10.0. The highest BCUT2D eigenvalue weighted by atomic mass is 16.5. The van der Waals surface area contributed by atoms with E-state index in [2.05, 4.69) is 44.8 Å². The van der Waals surface area contributed by atoms with E-state index < -0.39 is 0 Å². The summed E-state index contributed by atoms with van der Waals surface area (Å²) < 4.78 is 16.3. The molecule has 1 atom stereocenters. The van der Waals surface area contributed by atoms with Crippen LogP contribution in [0.2, 0.25) is 0 Å². The molecule has 1 aliphatic rings. The molecular formula is C25H36N4O3. The van der Waals surface area contributed by atoms with Crippen molar-refractivity contribution in [2.45, 2.75) is 25.4 Å². The number of rotatable bonds is 11. The number of para-hydroxylation sites is 1. The van der Waals surface area contributed by atoms with Crippen LogP contribution in [0.5, 0.6) is 11.5 Å². The number of aliphatic imine (C=N–C) groups is 1. The van der Waals surface area contributed by atoms with Gasteiger partial charge in [-0.25, -0.2) is 0 Å². The number of benzene rings is 2. The maximum atomic E-state index is 5.65. The first-order chi connectivity index (χ1) is 15.7. The molecule has 0 aliphatic carbocycles. The topological polar surface area (TPSA) is 67.4 Å². The van der Waals surface area contributed by atoms with Gasteiger partial charge in [0, 0.05) is 32.8 Å². The summed E-state index contributed by atoms with van der Waals surface area (Å²) in [7, 11) is 5.21. The third-order valence-electron chi connectivity index (χ3n) is 5.71. The van der Waals surface area contributed by atoms with Crippen LogP contribution in [0.15, 0.2) is 53.5 Å². The molecule has 1 unspecified atom stereocenters. The molecule has 1 heterocycles. The van der Waals surface area contributed by atoms with Gasteiger partial charge >= 0.3 is 0 Å². The summed E-state index contributed by atoms with van der Waals surface area (Å²) in [6.45, 7) is 4.78. The summed E-state index contributed by atoms with van der Waals surface area (Å²) in [5, 5.41) is 6.93. The van der Waals surface area contributed by atoms with Crippen LogP contribution in [0.3, 0.4) is 0 Å². The fourth-order valence-corrected chi connectivity index (χ4v) is 3.98. The van der Waals surface area contributed by atoms with Gasteiger partial charge in [-0.1, -0.05) is 30.3 Å². The van der Waals surface area contributed by atoms with Crippen molar-refractivity contribution in [1.82, 2.24) is 15.5 Å². The summed E-state index contributed by atoms with van der Waals surface area (Å²) in [5.74, 6) is 2.56. The number of nitrogens with one attached hydrogen (secondary N) is 2. The molecule has 0 saturated carbocycles. The van der Waals surface area contributed by atoms with Crippen molar-refractivity contribution in [2.24, 2.45) is 4.99 Å². The average Bonchev–Trinajstić information content (AvgIpc) is 3.37. The number of guanidine groups is 1. The van der Waals surface area contributed by atoms with Crippen LogP contribution in [-0.4, -0.2) is 65.0 Å². The first kappa shape index (κ1) is 23.9. The zero-order valence-corrected chi connectivity index (χ0v) is 19.5. The van der Waals surface area contributed by atoms with E-state index in [-0.39, 0.29) is 6.04 Å². The van der Waals surface area contributed by atoms with Gasteiger partial charge in [-0.3, -0.25) is 9.89 Å². The molecule has 32 heavy (non-hydrogen) atoms. The van der Waals surface area contributed by atoms with Crippen molar-refractivity contribution in [3.63, 3.8) is 0 Å². The van der Waals surface area contributed by atoms with Gasteiger partial charge in [0.05, 0.1) is 19.8 Å². The van der Waals surface area contributed by atoms with Crippen LogP contribution in [0.4, 0.5) is 0 Å². The molecular weight excluding hydrogens is 404 g/mol. The Morgan fingerprint density at radius 2 is 1.75 bits per heavy atom. The molecule has 3 rings (SSSR count). The molecule has 0 amide bonds. The van der Waals surface area contributed by atoms with Crippen molar-refractivity contribution in [2.75, 3.05) is 54.1 Å². The van der Waals surface area contributed by atoms with Crippen molar-refractivity contribution >= 4 is 5.96 Å². The third kappa shape index (κ3) is 6.87. The van der Waals surface area contributed by atoms with Crippen molar-refractivity contribution in [3.05, 3.63) is 59.7 Å². The van der Waals surface area contributed by atoms with Crippen LogP contribution in [0.25, 0.3) is 0 Å². The predicted octanol–water partition coefficient (Wildman–Crippen LogP) is 3.22. The van der Waals surface area contributed by atoms with Gasteiger partial charge in [0.2, 0.25) is 0 Å². The van der Waals surface area contributed by atoms with Gasteiger partial charge < -0.3 is 24.8 Å². The molecule has 174 valence electrons. The highest BCUT2D eigenvalue weighted by Crippen LogP contribution is 2.31. The van der Waals surface area contributed by atoms with Crippen LogP contribution >= 0.6 is 0 Å². The minimum absolute atomic E-state index is 0.232. The number of likely N-dealkylation sites (tertiary alicyclic amines) is 1. The van der Waals surface area contributed by atoms with Gasteiger partial charge in [0.1, 0.15) is 18.1 Å². The highest BCUT2D eigenvalue weighted by molar-refractivity contribution is 5.79. The van der Waals surface area contributed by atoms with Gasteiger partial charge in [0.25, 0.3) is 0 Å². The Bertz CT molecular complexity index is 835. The summed E-state index contributed by atoms with van der Waals surface area (Å²) in [6, 6.07) is 16.6. The van der Waals surface area contributed by atoms with Crippen LogP contribution in [0, 0.1) is 0 Å². The number of ether oxygens (including phenoxy) is 3. The maximum Gasteiger partial charge on any atom is 0.191 e. The van der Waals surface area contributed by atoms with Crippen LogP contribution < -0.4 is 20.1 Å². The molecule has 0 radical (unpaired) electrons. The summed E-state index contributed by atoms with van der Waals surface area (Å²) in [4.78, 5) is 6.94. The molecule has 2 N–H and O–H groups in total. The van der Waals surface area contributed by atoms with Crippen LogP contribution in [0.1, 0.15) is 30.0 Å². The highest BCUT2D eigenvalue weighted by Gasteiger charge is 2.26. The summed E-state index contributed by atoms with van der Waals surface area (Å²) >= 11 is 0. The molecule has 1 fully saturated rings. The predicted molar refractivity (Wildman–Crippen MR) is 129 cm³/mol. The number of nitrogens with zero attached hydrogens (tertiary/aromatic N) is 2. The zero-order valence-electron chi connectivity index (χ0n) is 19.5. The van der Waals surface area contributed by atoms with Crippen molar-refractivity contribution in [1.29, 1.82) is 0 Å². The summed E-state index contributed by atoms with van der Waals surface area (Å²) in [6.07, 6.45) is 2.48. The van der Waals surface area contributed by atoms with E-state index >= 15 is 0 Å². The molecule has 2 aromatic rings. The van der Waals surface area contributed by atoms with Crippen LogP contribution in [-0.2, 0) is 11.3 Å². The second-order valence-electron chi connectivity index (χ2n) is 7.79. The summed E-state index contributed by atoms with van der Waals surface area (Å²) in [5.41, 5.74) is 2.37. The second kappa shape index (κ2) is 12.9. The minimum Gasteiger partial charge on any atom is -0.496 e. The van der Waals surface area contributed by atoms with Gasteiger partial charge in [-0.2, -0.15) is 0 Å². The van der Waals surface area contributed by atoms with Gasteiger partial charge in [-0.05, 0) is 49.7 Å². The SMILES string of the molecule is CN=C(NCc1ccc(OCCOC)cc1)NCC(c1ccccc1OC)N1CCCC1. The lowest BCUT2D eigenvalue weighted by Gasteiger charge is -2.30. The minimum atomic E-state index is 0.232. The standard InChI is InChI=1S/C25H36N4O3/c1-26-25(27-18-20-10-12-21(13-11-20)32-17-16-30-2)28-19-23(29-14-6-7-15-29)22-8-4-5-9-24(22)31-3/h4-5,8-13,23H,6-7,14-19H2,1-3H3,(H2,26,27,28). The van der Waals surface area contributed by atoms with E-state index in [1.165, 1.54) is 18.4 Å². The monoisotopic (exact) mass is 440 g/mol. The van der Waals surface area contributed by atoms with Crippen molar-refractivity contribution in [3.8, 4) is 11.5 Å². The smallest absolute Gasteiger partial charge is 0.191 e. The van der Waals surface area contributed by atoms with Gasteiger partial charge in [0.15, 0.2) is 5.96 Å². The van der Waals surface area contributed by atoms with E-state index in [9.17, 15) is 0 Å². The average molecular weight is 441 g/mol. The molecule has 2 aromatic carbocycles. The van der Waals surface area contributed by atoms with E-state index in [0.717, 1.165) is 42.7 Å². The first-order valence-corrected chi connectivity index (χ1v) is 11.3. The van der Waals surface area contributed by atoms with E-state index in [1.807, 2.05) is 24.3 Å². The lowest BCUT2D eigenvalue weighted by Crippen LogP contribution is -2.42. The molecule has 0 bridgehead atoms.